The Bertz CT molecular complexity index is 288. The van der Waals surface area contributed by atoms with Gasteiger partial charge in [-0.2, -0.15) is 0 Å². The van der Waals surface area contributed by atoms with Gasteiger partial charge in [-0.25, -0.2) is 0 Å². The maximum atomic E-state index is 6.01. The summed E-state index contributed by atoms with van der Waals surface area (Å²) < 4.78 is 1.04. The van der Waals surface area contributed by atoms with Crippen molar-refractivity contribution in [3.05, 3.63) is 27.7 Å². The van der Waals surface area contributed by atoms with Crippen molar-refractivity contribution in [2.45, 2.75) is 26.3 Å². The first-order chi connectivity index (χ1) is 6.13. The van der Waals surface area contributed by atoms with Gasteiger partial charge >= 0.3 is 0 Å². The van der Waals surface area contributed by atoms with Gasteiger partial charge in [-0.3, -0.25) is 0 Å². The van der Waals surface area contributed by atoms with Gasteiger partial charge in [-0.15, -0.1) is 0 Å². The van der Waals surface area contributed by atoms with E-state index in [1.807, 2.05) is 18.2 Å². The molecule has 3 heteroatoms. The summed E-state index contributed by atoms with van der Waals surface area (Å²) in [4.78, 5) is 0. The van der Waals surface area contributed by atoms with Gasteiger partial charge in [0, 0.05) is 10.5 Å². The molecular formula is C10H13BrClN. The molecule has 0 radical (unpaired) electrons. The lowest BCUT2D eigenvalue weighted by Crippen LogP contribution is -2.13. The van der Waals surface area contributed by atoms with E-state index < -0.39 is 0 Å². The SMILES string of the molecule is CCC(C)Nc1cc(Br)ccc1Cl. The first kappa shape index (κ1) is 10.9. The molecule has 0 bridgehead atoms. The van der Waals surface area contributed by atoms with Crippen molar-refractivity contribution in [3.8, 4) is 0 Å². The summed E-state index contributed by atoms with van der Waals surface area (Å²) in [6.45, 7) is 4.28. The highest BCUT2D eigenvalue weighted by molar-refractivity contribution is 9.10. The van der Waals surface area contributed by atoms with E-state index in [-0.39, 0.29) is 0 Å². The maximum Gasteiger partial charge on any atom is 0.0638 e. The van der Waals surface area contributed by atoms with Crippen molar-refractivity contribution >= 4 is 33.2 Å². The molecule has 1 atom stereocenters. The highest BCUT2D eigenvalue weighted by atomic mass is 79.9. The quantitative estimate of drug-likeness (QED) is 0.856. The molecule has 0 aliphatic heterocycles. The van der Waals surface area contributed by atoms with Gasteiger partial charge in [0.1, 0.15) is 0 Å². The van der Waals surface area contributed by atoms with Crippen molar-refractivity contribution in [3.63, 3.8) is 0 Å². The smallest absolute Gasteiger partial charge is 0.0638 e. The van der Waals surface area contributed by atoms with Crippen molar-refractivity contribution < 1.29 is 0 Å². The van der Waals surface area contributed by atoms with Crippen LogP contribution in [0.3, 0.4) is 0 Å². The molecule has 1 unspecified atom stereocenters. The van der Waals surface area contributed by atoms with Crippen LogP contribution in [0.25, 0.3) is 0 Å². The Labute approximate surface area is 92.6 Å². The standard InChI is InChI=1S/C10H13BrClN/c1-3-7(2)13-10-6-8(11)4-5-9(10)12/h4-7,13H,3H2,1-2H3. The fraction of sp³-hybridized carbons (Fsp3) is 0.400. The minimum atomic E-state index is 0.451. The highest BCUT2D eigenvalue weighted by Gasteiger charge is 2.03. The number of hydrogen-bond donors (Lipinski definition) is 1. The molecule has 13 heavy (non-hydrogen) atoms. The average Bonchev–Trinajstić information content (AvgIpc) is 2.11. The molecule has 0 saturated carbocycles. The molecule has 1 rings (SSSR count). The van der Waals surface area contributed by atoms with Crippen LogP contribution >= 0.6 is 27.5 Å². The molecule has 1 aromatic rings. The lowest BCUT2D eigenvalue weighted by molar-refractivity contribution is 0.764. The van der Waals surface area contributed by atoms with Crippen molar-refractivity contribution in [1.82, 2.24) is 0 Å². The Kier molecular flexibility index (Phi) is 4.07. The number of halogens is 2. The van der Waals surface area contributed by atoms with Gasteiger partial charge in [-0.1, -0.05) is 34.5 Å². The highest BCUT2D eigenvalue weighted by Crippen LogP contribution is 2.26. The fourth-order valence-electron chi connectivity index (χ4n) is 0.976. The summed E-state index contributed by atoms with van der Waals surface area (Å²) in [7, 11) is 0. The number of hydrogen-bond acceptors (Lipinski definition) is 1. The third-order valence-electron chi connectivity index (χ3n) is 1.94. The molecule has 1 aromatic carbocycles. The van der Waals surface area contributed by atoms with E-state index in [1.165, 1.54) is 0 Å². The molecule has 0 spiro atoms. The summed E-state index contributed by atoms with van der Waals surface area (Å²) >= 11 is 9.42. The molecule has 0 aromatic heterocycles. The number of benzene rings is 1. The summed E-state index contributed by atoms with van der Waals surface area (Å²) in [6, 6.07) is 6.27. The molecule has 0 amide bonds. The molecule has 0 aliphatic carbocycles. The summed E-state index contributed by atoms with van der Waals surface area (Å²) in [5.74, 6) is 0. The zero-order chi connectivity index (χ0) is 9.84. The Hall–Kier alpha value is -0.210. The second kappa shape index (κ2) is 4.87. The van der Waals surface area contributed by atoms with E-state index in [0.29, 0.717) is 6.04 Å². The van der Waals surface area contributed by atoms with Crippen LogP contribution in [0.4, 0.5) is 5.69 Å². The molecule has 0 saturated heterocycles. The third-order valence-corrected chi connectivity index (χ3v) is 2.77. The van der Waals surface area contributed by atoms with Crippen LogP contribution in [0.15, 0.2) is 22.7 Å². The average molecular weight is 263 g/mol. The third kappa shape index (κ3) is 3.20. The fourth-order valence-corrected chi connectivity index (χ4v) is 1.51. The van der Waals surface area contributed by atoms with E-state index in [2.05, 4.69) is 35.1 Å². The van der Waals surface area contributed by atoms with Gasteiger partial charge < -0.3 is 5.32 Å². The van der Waals surface area contributed by atoms with Crippen LogP contribution in [0.2, 0.25) is 5.02 Å². The molecule has 0 heterocycles. The van der Waals surface area contributed by atoms with Crippen LogP contribution in [0, 0.1) is 0 Å². The molecule has 0 fully saturated rings. The minimum absolute atomic E-state index is 0.451. The van der Waals surface area contributed by atoms with Crippen molar-refractivity contribution in [2.24, 2.45) is 0 Å². The summed E-state index contributed by atoms with van der Waals surface area (Å²) in [6.07, 6.45) is 1.09. The van der Waals surface area contributed by atoms with Gasteiger partial charge in [-0.05, 0) is 31.5 Å². The van der Waals surface area contributed by atoms with Gasteiger partial charge in [0.25, 0.3) is 0 Å². The monoisotopic (exact) mass is 261 g/mol. The largest absolute Gasteiger partial charge is 0.381 e. The van der Waals surface area contributed by atoms with Crippen molar-refractivity contribution in [2.75, 3.05) is 5.32 Å². The number of nitrogens with one attached hydrogen (secondary N) is 1. The number of rotatable bonds is 3. The van der Waals surface area contributed by atoms with Crippen molar-refractivity contribution in [1.29, 1.82) is 0 Å². The number of anilines is 1. The van der Waals surface area contributed by atoms with Gasteiger partial charge in [0.05, 0.1) is 10.7 Å². The predicted octanol–water partition coefficient (Wildman–Crippen LogP) is 4.31. The van der Waals surface area contributed by atoms with E-state index in [1.54, 1.807) is 0 Å². The molecule has 0 aliphatic rings. The molecular weight excluding hydrogens is 249 g/mol. The minimum Gasteiger partial charge on any atom is -0.381 e. The second-order valence-electron chi connectivity index (χ2n) is 3.08. The predicted molar refractivity (Wildman–Crippen MR) is 62.5 cm³/mol. The van der Waals surface area contributed by atoms with E-state index >= 15 is 0 Å². The zero-order valence-corrected chi connectivity index (χ0v) is 10.1. The van der Waals surface area contributed by atoms with Crippen LogP contribution < -0.4 is 5.32 Å². The lowest BCUT2D eigenvalue weighted by atomic mass is 10.2. The van der Waals surface area contributed by atoms with Crippen LogP contribution in [-0.4, -0.2) is 6.04 Å². The normalized spacial score (nSPS) is 12.6. The van der Waals surface area contributed by atoms with Gasteiger partial charge in [0.2, 0.25) is 0 Å². The van der Waals surface area contributed by atoms with Crippen LogP contribution in [-0.2, 0) is 0 Å². The Morgan fingerprint density at radius 3 is 2.85 bits per heavy atom. The summed E-state index contributed by atoms with van der Waals surface area (Å²) in [5, 5.41) is 4.11. The topological polar surface area (TPSA) is 12.0 Å². The second-order valence-corrected chi connectivity index (χ2v) is 4.40. The van der Waals surface area contributed by atoms with E-state index in [4.69, 9.17) is 11.6 Å². The Balaban J connectivity index is 2.81. The van der Waals surface area contributed by atoms with Crippen LogP contribution in [0.5, 0.6) is 0 Å². The van der Waals surface area contributed by atoms with E-state index in [9.17, 15) is 0 Å². The molecule has 72 valence electrons. The first-order valence-electron chi connectivity index (χ1n) is 4.35. The molecule has 1 N–H and O–H groups in total. The Morgan fingerprint density at radius 1 is 1.54 bits per heavy atom. The first-order valence-corrected chi connectivity index (χ1v) is 5.52. The van der Waals surface area contributed by atoms with Gasteiger partial charge in [0.15, 0.2) is 0 Å². The summed E-state index contributed by atoms with van der Waals surface area (Å²) in [5.41, 5.74) is 0.991. The molecule has 1 nitrogen and oxygen atoms in total. The maximum absolute atomic E-state index is 6.01. The Morgan fingerprint density at radius 2 is 2.23 bits per heavy atom. The zero-order valence-electron chi connectivity index (χ0n) is 7.77. The lowest BCUT2D eigenvalue weighted by Gasteiger charge is -2.14. The van der Waals surface area contributed by atoms with Crippen LogP contribution in [0.1, 0.15) is 20.3 Å². The van der Waals surface area contributed by atoms with E-state index in [0.717, 1.165) is 21.6 Å².